The molecular weight excluding hydrogens is 180 g/mol. The number of benzene rings is 1. The molecule has 0 radical (unpaired) electrons. The van der Waals surface area contributed by atoms with Gasteiger partial charge in [-0.3, -0.25) is 4.79 Å². The van der Waals surface area contributed by atoms with Crippen LogP contribution in [0.5, 0.6) is 0 Å². The summed E-state index contributed by atoms with van der Waals surface area (Å²) in [5.41, 5.74) is 1.73. The Hall–Kier alpha value is -1.02. The molecular formula is C11H12OS. The molecule has 0 saturated heterocycles. The van der Waals surface area contributed by atoms with Crippen molar-refractivity contribution >= 4 is 24.5 Å². The van der Waals surface area contributed by atoms with Crippen LogP contribution in [0.3, 0.4) is 0 Å². The Labute approximate surface area is 83.9 Å². The van der Waals surface area contributed by atoms with Gasteiger partial charge in [0.1, 0.15) is 0 Å². The molecule has 0 aliphatic carbocycles. The molecule has 1 nitrogen and oxygen atoms in total. The first-order valence-corrected chi connectivity index (χ1v) is 4.76. The van der Waals surface area contributed by atoms with Crippen molar-refractivity contribution in [1.29, 1.82) is 0 Å². The number of rotatable bonds is 3. The maximum absolute atomic E-state index is 11.2. The van der Waals surface area contributed by atoms with Crippen LogP contribution >= 0.6 is 12.6 Å². The van der Waals surface area contributed by atoms with Gasteiger partial charge in [0.25, 0.3) is 0 Å². The van der Waals surface area contributed by atoms with E-state index in [2.05, 4.69) is 12.6 Å². The molecule has 0 atom stereocenters. The van der Waals surface area contributed by atoms with E-state index in [9.17, 15) is 4.79 Å². The minimum Gasteiger partial charge on any atom is -0.294 e. The monoisotopic (exact) mass is 192 g/mol. The van der Waals surface area contributed by atoms with Crippen molar-refractivity contribution in [2.24, 2.45) is 0 Å². The zero-order valence-corrected chi connectivity index (χ0v) is 8.42. The molecule has 1 aromatic carbocycles. The number of carbonyl (C=O) groups excluding carboxylic acids is 1. The van der Waals surface area contributed by atoms with E-state index in [0.717, 1.165) is 11.1 Å². The van der Waals surface area contributed by atoms with Gasteiger partial charge in [-0.2, -0.15) is 12.6 Å². The minimum atomic E-state index is 0.0967. The zero-order chi connectivity index (χ0) is 9.68. The fourth-order valence-electron chi connectivity index (χ4n) is 1.14. The number of thiol groups is 1. The third kappa shape index (κ3) is 2.74. The second-order valence-electron chi connectivity index (χ2n) is 2.73. The predicted molar refractivity (Wildman–Crippen MR) is 59.3 cm³/mol. The van der Waals surface area contributed by atoms with Crippen LogP contribution in [0.1, 0.15) is 22.8 Å². The average molecular weight is 192 g/mol. The number of hydrogen-bond acceptors (Lipinski definition) is 2. The molecule has 0 aliphatic heterocycles. The van der Waals surface area contributed by atoms with Crippen molar-refractivity contribution in [2.45, 2.75) is 6.92 Å². The Kier molecular flexibility index (Phi) is 3.77. The molecule has 0 bridgehead atoms. The third-order valence-electron chi connectivity index (χ3n) is 1.74. The van der Waals surface area contributed by atoms with E-state index in [1.807, 2.05) is 36.4 Å². The lowest BCUT2D eigenvalue weighted by Crippen LogP contribution is -1.94. The van der Waals surface area contributed by atoms with Crippen molar-refractivity contribution in [3.05, 3.63) is 41.5 Å². The van der Waals surface area contributed by atoms with E-state index in [1.54, 1.807) is 6.92 Å². The van der Waals surface area contributed by atoms with E-state index in [4.69, 9.17) is 0 Å². The molecule has 0 heterocycles. The minimum absolute atomic E-state index is 0.0967. The molecule has 1 aromatic rings. The summed E-state index contributed by atoms with van der Waals surface area (Å²) in [5, 5.41) is 0. The van der Waals surface area contributed by atoms with E-state index in [1.165, 1.54) is 0 Å². The molecule has 13 heavy (non-hydrogen) atoms. The molecule has 0 unspecified atom stereocenters. The molecule has 0 spiro atoms. The molecule has 0 aliphatic rings. The highest BCUT2D eigenvalue weighted by atomic mass is 32.1. The molecule has 0 N–H and O–H groups in total. The smallest absolute Gasteiger partial charge is 0.160 e. The van der Waals surface area contributed by atoms with E-state index in [-0.39, 0.29) is 5.78 Å². The van der Waals surface area contributed by atoms with Gasteiger partial charge in [-0.05, 0) is 12.5 Å². The number of ketones is 1. The fraction of sp³-hybridized carbons (Fsp3) is 0.182. The highest BCUT2D eigenvalue weighted by Gasteiger charge is 2.01. The molecule has 0 fully saturated rings. The van der Waals surface area contributed by atoms with Crippen LogP contribution in [0.4, 0.5) is 0 Å². The standard InChI is InChI=1S/C11H12OS/c1-9(12)11-7-3-2-5-10(11)6-4-8-13/h2-7,13H,8H2,1H3. The summed E-state index contributed by atoms with van der Waals surface area (Å²) in [5.74, 6) is 0.783. The van der Waals surface area contributed by atoms with Gasteiger partial charge in [0, 0.05) is 11.3 Å². The van der Waals surface area contributed by atoms with E-state index >= 15 is 0 Å². The van der Waals surface area contributed by atoms with E-state index in [0.29, 0.717) is 5.75 Å². The van der Waals surface area contributed by atoms with Gasteiger partial charge in [-0.1, -0.05) is 36.4 Å². The lowest BCUT2D eigenvalue weighted by molar-refractivity contribution is 0.101. The summed E-state index contributed by atoms with van der Waals surface area (Å²) in [4.78, 5) is 11.2. The highest BCUT2D eigenvalue weighted by molar-refractivity contribution is 7.80. The largest absolute Gasteiger partial charge is 0.294 e. The van der Waals surface area contributed by atoms with Crippen molar-refractivity contribution < 1.29 is 4.79 Å². The highest BCUT2D eigenvalue weighted by Crippen LogP contribution is 2.11. The van der Waals surface area contributed by atoms with Gasteiger partial charge in [0.15, 0.2) is 5.78 Å². The Morgan fingerprint density at radius 2 is 2.15 bits per heavy atom. The van der Waals surface area contributed by atoms with Crippen molar-refractivity contribution in [2.75, 3.05) is 5.75 Å². The summed E-state index contributed by atoms with van der Waals surface area (Å²) in [6.07, 6.45) is 3.84. The Balaban J connectivity index is 3.05. The SMILES string of the molecule is CC(=O)c1ccccc1C=CCS. The van der Waals surface area contributed by atoms with Gasteiger partial charge in [0.05, 0.1) is 0 Å². The number of Topliss-reactive ketones (excluding diaryl/α,β-unsaturated/α-hetero) is 1. The van der Waals surface area contributed by atoms with Gasteiger partial charge in [-0.15, -0.1) is 0 Å². The molecule has 68 valence electrons. The second kappa shape index (κ2) is 4.87. The summed E-state index contributed by atoms with van der Waals surface area (Å²) in [6.45, 7) is 1.58. The van der Waals surface area contributed by atoms with Crippen LogP contribution in [-0.4, -0.2) is 11.5 Å². The molecule has 0 saturated carbocycles. The van der Waals surface area contributed by atoms with Crippen LogP contribution < -0.4 is 0 Å². The Bertz CT molecular complexity index is 329. The summed E-state index contributed by atoms with van der Waals surface area (Å²) in [7, 11) is 0. The topological polar surface area (TPSA) is 17.1 Å². The van der Waals surface area contributed by atoms with Gasteiger partial charge < -0.3 is 0 Å². The first kappa shape index (κ1) is 10.1. The lowest BCUT2D eigenvalue weighted by Gasteiger charge is -2.00. The normalized spacial score (nSPS) is 10.6. The van der Waals surface area contributed by atoms with Crippen LogP contribution in [-0.2, 0) is 0 Å². The van der Waals surface area contributed by atoms with Crippen molar-refractivity contribution in [3.63, 3.8) is 0 Å². The summed E-state index contributed by atoms with van der Waals surface area (Å²) >= 11 is 4.07. The lowest BCUT2D eigenvalue weighted by atomic mass is 10.0. The van der Waals surface area contributed by atoms with Crippen LogP contribution in [0.15, 0.2) is 30.3 Å². The van der Waals surface area contributed by atoms with E-state index < -0.39 is 0 Å². The molecule has 2 heteroatoms. The summed E-state index contributed by atoms with van der Waals surface area (Å²) < 4.78 is 0. The molecule has 0 aromatic heterocycles. The first-order valence-electron chi connectivity index (χ1n) is 4.13. The zero-order valence-electron chi connectivity index (χ0n) is 7.53. The van der Waals surface area contributed by atoms with Crippen molar-refractivity contribution in [1.82, 2.24) is 0 Å². The van der Waals surface area contributed by atoms with Crippen LogP contribution in [0, 0.1) is 0 Å². The second-order valence-corrected chi connectivity index (χ2v) is 3.09. The van der Waals surface area contributed by atoms with Crippen LogP contribution in [0.2, 0.25) is 0 Å². The maximum atomic E-state index is 11.2. The van der Waals surface area contributed by atoms with Crippen molar-refractivity contribution in [3.8, 4) is 0 Å². The number of hydrogen-bond donors (Lipinski definition) is 1. The van der Waals surface area contributed by atoms with Gasteiger partial charge >= 0.3 is 0 Å². The average Bonchev–Trinajstić information content (AvgIpc) is 2.15. The fourth-order valence-corrected chi connectivity index (χ4v) is 1.25. The predicted octanol–water partition coefficient (Wildman–Crippen LogP) is 2.83. The third-order valence-corrected chi connectivity index (χ3v) is 1.95. The Morgan fingerprint density at radius 3 is 2.77 bits per heavy atom. The Morgan fingerprint density at radius 1 is 1.46 bits per heavy atom. The quantitative estimate of drug-likeness (QED) is 0.575. The van der Waals surface area contributed by atoms with Crippen LogP contribution in [0.25, 0.3) is 6.08 Å². The van der Waals surface area contributed by atoms with Gasteiger partial charge in [0.2, 0.25) is 0 Å². The molecule has 1 rings (SSSR count). The van der Waals surface area contributed by atoms with Gasteiger partial charge in [-0.25, -0.2) is 0 Å². The maximum Gasteiger partial charge on any atom is 0.160 e. The summed E-state index contributed by atoms with van der Waals surface area (Å²) in [6, 6.07) is 7.55. The first-order chi connectivity index (χ1) is 6.25. The number of carbonyl (C=O) groups is 1. The molecule has 0 amide bonds.